The number of nitrogens with zero attached hydrogens (tertiary/aromatic N) is 2. The van der Waals surface area contributed by atoms with Crippen molar-refractivity contribution in [3.05, 3.63) is 47.7 Å². The van der Waals surface area contributed by atoms with Crippen molar-refractivity contribution in [2.75, 3.05) is 0 Å². The van der Waals surface area contributed by atoms with E-state index in [1.165, 1.54) is 0 Å². The Hall–Kier alpha value is -1.03. The van der Waals surface area contributed by atoms with Gasteiger partial charge in [-0.1, -0.05) is 65.1 Å². The molecule has 0 bridgehead atoms. The van der Waals surface area contributed by atoms with Crippen LogP contribution in [-0.4, -0.2) is 10.2 Å². The Morgan fingerprint density at radius 2 is 1.71 bits per heavy atom. The second-order valence-corrected chi connectivity index (χ2v) is 5.47. The SMILES string of the molecule is ClC(Cl)(Cl)c1nnc(C=Cc2ccccc2)o1. The first-order chi connectivity index (χ1) is 8.05. The normalized spacial score (nSPS) is 12.2. The summed E-state index contributed by atoms with van der Waals surface area (Å²) in [5.41, 5.74) is 1.01. The van der Waals surface area contributed by atoms with Crippen molar-refractivity contribution in [2.24, 2.45) is 0 Å². The van der Waals surface area contributed by atoms with E-state index < -0.39 is 3.79 Å². The van der Waals surface area contributed by atoms with Gasteiger partial charge in [-0.25, -0.2) is 0 Å². The van der Waals surface area contributed by atoms with Gasteiger partial charge in [0.15, 0.2) is 0 Å². The van der Waals surface area contributed by atoms with Gasteiger partial charge < -0.3 is 4.42 Å². The summed E-state index contributed by atoms with van der Waals surface area (Å²) in [6, 6.07) is 9.69. The fourth-order valence-electron chi connectivity index (χ4n) is 1.15. The van der Waals surface area contributed by atoms with Gasteiger partial charge in [-0.2, -0.15) is 0 Å². The third kappa shape index (κ3) is 3.46. The number of hydrogen-bond donors (Lipinski definition) is 0. The van der Waals surface area contributed by atoms with E-state index in [2.05, 4.69) is 10.2 Å². The van der Waals surface area contributed by atoms with Gasteiger partial charge in [-0.05, 0) is 11.6 Å². The molecule has 0 saturated heterocycles. The van der Waals surface area contributed by atoms with Crippen LogP contribution in [0.25, 0.3) is 12.2 Å². The minimum atomic E-state index is -1.69. The Bertz CT molecular complexity index is 517. The van der Waals surface area contributed by atoms with Crippen molar-refractivity contribution in [1.82, 2.24) is 10.2 Å². The highest BCUT2D eigenvalue weighted by Crippen LogP contribution is 2.37. The Morgan fingerprint density at radius 3 is 2.29 bits per heavy atom. The molecule has 0 radical (unpaired) electrons. The molecule has 0 amide bonds. The number of benzene rings is 1. The molecule has 0 aliphatic carbocycles. The van der Waals surface area contributed by atoms with E-state index in [1.807, 2.05) is 36.4 Å². The molecule has 1 heterocycles. The average molecular weight is 290 g/mol. The summed E-state index contributed by atoms with van der Waals surface area (Å²) in [5.74, 6) is 0.241. The van der Waals surface area contributed by atoms with Gasteiger partial charge >= 0.3 is 0 Å². The Labute approximate surface area is 113 Å². The zero-order valence-electron chi connectivity index (χ0n) is 8.48. The predicted octanol–water partition coefficient (Wildman–Crippen LogP) is 4.07. The molecular weight excluding hydrogens is 282 g/mol. The van der Waals surface area contributed by atoms with Crippen LogP contribution in [0.1, 0.15) is 17.3 Å². The number of rotatable bonds is 2. The second kappa shape index (κ2) is 5.08. The number of hydrogen-bond acceptors (Lipinski definition) is 3. The van der Waals surface area contributed by atoms with E-state index in [1.54, 1.807) is 6.08 Å². The van der Waals surface area contributed by atoms with E-state index in [-0.39, 0.29) is 11.8 Å². The van der Waals surface area contributed by atoms with Gasteiger partial charge in [0, 0.05) is 6.08 Å². The molecule has 0 N–H and O–H groups in total. The second-order valence-electron chi connectivity index (χ2n) is 3.19. The molecule has 1 aromatic heterocycles. The summed E-state index contributed by atoms with van der Waals surface area (Å²) in [6.07, 6.45) is 3.48. The van der Waals surface area contributed by atoms with Crippen LogP contribution in [0.3, 0.4) is 0 Å². The molecule has 1 aromatic carbocycles. The predicted molar refractivity (Wildman–Crippen MR) is 68.9 cm³/mol. The average Bonchev–Trinajstić information content (AvgIpc) is 2.76. The molecule has 0 spiro atoms. The molecule has 0 aliphatic rings. The monoisotopic (exact) mass is 288 g/mol. The maximum Gasteiger partial charge on any atom is 0.268 e. The Kier molecular flexibility index (Phi) is 3.72. The fourth-order valence-corrected chi connectivity index (χ4v) is 1.38. The Morgan fingerprint density at radius 1 is 1.00 bits per heavy atom. The van der Waals surface area contributed by atoms with E-state index in [0.717, 1.165) is 5.56 Å². The van der Waals surface area contributed by atoms with Gasteiger partial charge in [-0.3, -0.25) is 0 Å². The van der Waals surface area contributed by atoms with Gasteiger partial charge in [0.05, 0.1) is 0 Å². The lowest BCUT2D eigenvalue weighted by molar-refractivity contribution is 0.493. The van der Waals surface area contributed by atoms with Gasteiger partial charge in [0.1, 0.15) is 0 Å². The summed E-state index contributed by atoms with van der Waals surface area (Å²) < 4.78 is 3.48. The van der Waals surface area contributed by atoms with E-state index >= 15 is 0 Å². The van der Waals surface area contributed by atoms with E-state index in [4.69, 9.17) is 39.2 Å². The molecule has 0 fully saturated rings. The fraction of sp³-hybridized carbons (Fsp3) is 0.0909. The first kappa shape index (κ1) is 12.4. The summed E-state index contributed by atoms with van der Waals surface area (Å²) in [5, 5.41) is 7.38. The molecule has 2 aromatic rings. The minimum absolute atomic E-state index is 0.0461. The quantitative estimate of drug-likeness (QED) is 0.782. The summed E-state index contributed by atoms with van der Waals surface area (Å²) in [6.45, 7) is 0. The van der Waals surface area contributed by atoms with E-state index in [9.17, 15) is 0 Å². The molecule has 17 heavy (non-hydrogen) atoms. The van der Waals surface area contributed by atoms with Gasteiger partial charge in [0.2, 0.25) is 5.89 Å². The molecule has 6 heteroatoms. The van der Waals surface area contributed by atoms with Crippen LogP contribution in [0.15, 0.2) is 34.7 Å². The zero-order valence-corrected chi connectivity index (χ0v) is 10.7. The molecule has 2 rings (SSSR count). The van der Waals surface area contributed by atoms with E-state index in [0.29, 0.717) is 0 Å². The van der Waals surface area contributed by atoms with Crippen LogP contribution < -0.4 is 0 Å². The maximum absolute atomic E-state index is 5.60. The first-order valence-corrected chi connectivity index (χ1v) is 5.83. The highest BCUT2D eigenvalue weighted by atomic mass is 35.6. The highest BCUT2D eigenvalue weighted by molar-refractivity contribution is 6.66. The van der Waals surface area contributed by atoms with Crippen molar-refractivity contribution < 1.29 is 4.42 Å². The number of aromatic nitrogens is 2. The molecule has 0 unspecified atom stereocenters. The van der Waals surface area contributed by atoms with Crippen molar-refractivity contribution >= 4 is 47.0 Å². The summed E-state index contributed by atoms with van der Waals surface area (Å²) >= 11 is 16.8. The lowest BCUT2D eigenvalue weighted by Gasteiger charge is -2.01. The summed E-state index contributed by atoms with van der Waals surface area (Å²) in [4.78, 5) is 0. The van der Waals surface area contributed by atoms with Crippen molar-refractivity contribution in [1.29, 1.82) is 0 Å². The first-order valence-electron chi connectivity index (χ1n) is 4.69. The molecule has 3 nitrogen and oxygen atoms in total. The highest BCUT2D eigenvalue weighted by Gasteiger charge is 2.29. The van der Waals surface area contributed by atoms with Crippen LogP contribution in [-0.2, 0) is 3.79 Å². The number of halogens is 3. The van der Waals surface area contributed by atoms with Crippen molar-refractivity contribution in [2.45, 2.75) is 3.79 Å². The standard InChI is InChI=1S/C11H7Cl3N2O/c12-11(13,14)10-16-15-9(17-10)7-6-8-4-2-1-3-5-8/h1-7H. The van der Waals surface area contributed by atoms with Crippen molar-refractivity contribution in [3.8, 4) is 0 Å². The van der Waals surface area contributed by atoms with Crippen LogP contribution >= 0.6 is 34.8 Å². The topological polar surface area (TPSA) is 38.9 Å². The maximum atomic E-state index is 5.60. The molecular formula is C11H7Cl3N2O. The zero-order chi connectivity index (χ0) is 12.3. The Balaban J connectivity index is 2.15. The molecule has 0 atom stereocenters. The summed E-state index contributed by atoms with van der Waals surface area (Å²) in [7, 11) is 0. The third-order valence-electron chi connectivity index (χ3n) is 1.90. The lowest BCUT2D eigenvalue weighted by atomic mass is 10.2. The smallest absolute Gasteiger partial charge is 0.268 e. The number of alkyl halides is 3. The van der Waals surface area contributed by atoms with Gasteiger partial charge in [0.25, 0.3) is 9.68 Å². The largest absolute Gasteiger partial charge is 0.417 e. The van der Waals surface area contributed by atoms with Crippen LogP contribution in [0.5, 0.6) is 0 Å². The van der Waals surface area contributed by atoms with Crippen LogP contribution in [0.2, 0.25) is 0 Å². The molecule has 0 saturated carbocycles. The molecule has 0 aliphatic heterocycles. The molecule has 88 valence electrons. The minimum Gasteiger partial charge on any atom is -0.417 e. The third-order valence-corrected chi connectivity index (χ3v) is 2.39. The van der Waals surface area contributed by atoms with Crippen LogP contribution in [0.4, 0.5) is 0 Å². The van der Waals surface area contributed by atoms with Crippen LogP contribution in [0, 0.1) is 0 Å². The van der Waals surface area contributed by atoms with Gasteiger partial charge in [-0.15, -0.1) is 10.2 Å². The lowest BCUT2D eigenvalue weighted by Crippen LogP contribution is -1.99. The van der Waals surface area contributed by atoms with Crippen molar-refractivity contribution in [3.63, 3.8) is 0 Å².